The Kier molecular flexibility index (Phi) is 5.97. The quantitative estimate of drug-likeness (QED) is 0.517. The maximum atomic E-state index is 9.84. The molecule has 0 spiro atoms. The van der Waals surface area contributed by atoms with Gasteiger partial charge in [-0.25, -0.2) is 4.79 Å². The number of rotatable bonds is 2. The van der Waals surface area contributed by atoms with Crippen LogP contribution in [0.3, 0.4) is 0 Å². The van der Waals surface area contributed by atoms with Crippen LogP contribution < -0.4 is 0 Å². The summed E-state index contributed by atoms with van der Waals surface area (Å²) in [6.45, 7) is 6.67. The van der Waals surface area contributed by atoms with E-state index in [0.29, 0.717) is 0 Å². The van der Waals surface area contributed by atoms with E-state index < -0.39 is 5.97 Å². The highest BCUT2D eigenvalue weighted by Gasteiger charge is 1.82. The predicted molar refractivity (Wildman–Crippen MR) is 51.0 cm³/mol. The number of methoxy groups -OCH3 is 1. The minimum Gasteiger partial charge on any atom is -0.466 e. The number of esters is 1. The SMILES string of the molecule is C=CC(=O)OC.C=Cc1ccco1. The van der Waals surface area contributed by atoms with Crippen LogP contribution in [0.5, 0.6) is 0 Å². The Morgan fingerprint density at radius 1 is 1.62 bits per heavy atom. The maximum Gasteiger partial charge on any atom is 0.329 e. The Hall–Kier alpha value is -1.77. The summed E-state index contributed by atoms with van der Waals surface area (Å²) in [7, 11) is 1.31. The van der Waals surface area contributed by atoms with Gasteiger partial charge in [0.15, 0.2) is 0 Å². The van der Waals surface area contributed by atoms with E-state index in [-0.39, 0.29) is 0 Å². The molecular formula is C10H12O3. The van der Waals surface area contributed by atoms with Gasteiger partial charge < -0.3 is 9.15 Å². The van der Waals surface area contributed by atoms with Crippen LogP contribution >= 0.6 is 0 Å². The first-order chi connectivity index (χ1) is 6.24. The van der Waals surface area contributed by atoms with Crippen molar-refractivity contribution in [3.05, 3.63) is 43.4 Å². The lowest BCUT2D eigenvalue weighted by Crippen LogP contribution is -1.91. The van der Waals surface area contributed by atoms with E-state index >= 15 is 0 Å². The molecule has 0 aliphatic heterocycles. The molecule has 0 saturated carbocycles. The molecule has 0 unspecified atom stereocenters. The molecule has 13 heavy (non-hydrogen) atoms. The summed E-state index contributed by atoms with van der Waals surface area (Å²) in [6, 6.07) is 3.68. The monoisotopic (exact) mass is 180 g/mol. The van der Waals surface area contributed by atoms with Crippen LogP contribution in [0.2, 0.25) is 0 Å². The van der Waals surface area contributed by atoms with Gasteiger partial charge in [0.2, 0.25) is 0 Å². The summed E-state index contributed by atoms with van der Waals surface area (Å²) in [6.07, 6.45) is 4.40. The van der Waals surface area contributed by atoms with Crippen LogP contribution in [-0.2, 0) is 9.53 Å². The molecule has 0 radical (unpaired) electrons. The molecule has 3 nitrogen and oxygen atoms in total. The molecule has 0 N–H and O–H groups in total. The van der Waals surface area contributed by atoms with Gasteiger partial charge in [0.25, 0.3) is 0 Å². The van der Waals surface area contributed by atoms with E-state index in [1.807, 2.05) is 12.1 Å². The van der Waals surface area contributed by atoms with E-state index in [2.05, 4.69) is 17.9 Å². The van der Waals surface area contributed by atoms with Crippen LogP contribution in [0.15, 0.2) is 42.0 Å². The van der Waals surface area contributed by atoms with Crippen LogP contribution in [0.1, 0.15) is 5.76 Å². The van der Waals surface area contributed by atoms with Gasteiger partial charge in [-0.1, -0.05) is 13.2 Å². The summed E-state index contributed by atoms with van der Waals surface area (Å²) in [5.74, 6) is 0.426. The van der Waals surface area contributed by atoms with Crippen LogP contribution in [0, 0.1) is 0 Å². The molecule has 0 bridgehead atoms. The number of carbonyl (C=O) groups excluding carboxylic acids is 1. The van der Waals surface area contributed by atoms with Crippen LogP contribution in [0.25, 0.3) is 6.08 Å². The predicted octanol–water partition coefficient (Wildman–Crippen LogP) is 2.27. The summed E-state index contributed by atoms with van der Waals surface area (Å²) >= 11 is 0. The molecule has 0 fully saturated rings. The number of hydrogen-bond donors (Lipinski definition) is 0. The highest BCUT2D eigenvalue weighted by atomic mass is 16.5. The van der Waals surface area contributed by atoms with Crippen LogP contribution in [0.4, 0.5) is 0 Å². The first-order valence-corrected chi connectivity index (χ1v) is 3.61. The van der Waals surface area contributed by atoms with E-state index in [4.69, 9.17) is 4.42 Å². The zero-order chi connectivity index (χ0) is 10.1. The molecule has 0 aliphatic carbocycles. The fourth-order valence-corrected chi connectivity index (χ4v) is 0.491. The van der Waals surface area contributed by atoms with Gasteiger partial charge in [0, 0.05) is 6.08 Å². The summed E-state index contributed by atoms with van der Waals surface area (Å²) < 4.78 is 9.01. The summed E-state index contributed by atoms with van der Waals surface area (Å²) in [4.78, 5) is 9.84. The zero-order valence-corrected chi connectivity index (χ0v) is 7.53. The Balaban J connectivity index is 0.000000226. The van der Waals surface area contributed by atoms with Crippen molar-refractivity contribution in [1.29, 1.82) is 0 Å². The van der Waals surface area contributed by atoms with Crippen LogP contribution in [-0.4, -0.2) is 13.1 Å². The lowest BCUT2D eigenvalue weighted by molar-refractivity contribution is -0.134. The average Bonchev–Trinajstić information content (AvgIpc) is 2.70. The number of furan rings is 1. The second kappa shape index (κ2) is 6.91. The molecule has 3 heteroatoms. The van der Waals surface area contributed by atoms with Crippen molar-refractivity contribution in [3.8, 4) is 0 Å². The second-order valence-electron chi connectivity index (χ2n) is 1.95. The third kappa shape index (κ3) is 5.49. The van der Waals surface area contributed by atoms with Gasteiger partial charge >= 0.3 is 5.97 Å². The molecule has 0 atom stereocenters. The van der Waals surface area contributed by atoms with E-state index in [9.17, 15) is 4.79 Å². The fraction of sp³-hybridized carbons (Fsp3) is 0.100. The molecule has 1 heterocycles. The van der Waals surface area contributed by atoms with Crippen molar-refractivity contribution in [2.45, 2.75) is 0 Å². The van der Waals surface area contributed by atoms with Gasteiger partial charge in [-0.05, 0) is 18.2 Å². The Bertz CT molecular complexity index is 260. The molecule has 0 saturated heterocycles. The number of ether oxygens (including phenoxy) is 1. The first kappa shape index (κ1) is 11.2. The standard InChI is InChI=1S/C6H6O.C4H6O2/c1-2-6-4-3-5-7-6;1-3-4(5)6-2/h2-5H,1H2;3H,1H2,2H3. The van der Waals surface area contributed by atoms with Gasteiger partial charge in [-0.15, -0.1) is 0 Å². The molecule has 0 aromatic carbocycles. The van der Waals surface area contributed by atoms with E-state index in [1.54, 1.807) is 12.3 Å². The normalized spacial score (nSPS) is 7.77. The summed E-state index contributed by atoms with van der Waals surface area (Å²) in [5, 5.41) is 0. The van der Waals surface area contributed by atoms with Gasteiger partial charge in [-0.3, -0.25) is 0 Å². The molecule has 70 valence electrons. The average molecular weight is 180 g/mol. The van der Waals surface area contributed by atoms with E-state index in [0.717, 1.165) is 11.8 Å². The third-order valence-corrected chi connectivity index (χ3v) is 1.11. The molecule has 0 amide bonds. The van der Waals surface area contributed by atoms with Crippen molar-refractivity contribution in [3.63, 3.8) is 0 Å². The highest BCUT2D eigenvalue weighted by Crippen LogP contribution is 1.98. The Morgan fingerprint density at radius 3 is 2.46 bits per heavy atom. The maximum absolute atomic E-state index is 9.84. The summed E-state index contributed by atoms with van der Waals surface area (Å²) in [5.41, 5.74) is 0. The lowest BCUT2D eigenvalue weighted by atomic mass is 10.5. The second-order valence-corrected chi connectivity index (χ2v) is 1.95. The smallest absolute Gasteiger partial charge is 0.329 e. The largest absolute Gasteiger partial charge is 0.466 e. The van der Waals surface area contributed by atoms with Gasteiger partial charge in [0.1, 0.15) is 5.76 Å². The lowest BCUT2D eigenvalue weighted by Gasteiger charge is -1.83. The minimum absolute atomic E-state index is 0.394. The van der Waals surface area contributed by atoms with Gasteiger partial charge in [0.05, 0.1) is 13.4 Å². The molecule has 1 aromatic rings. The van der Waals surface area contributed by atoms with Crippen molar-refractivity contribution < 1.29 is 13.9 Å². The molecule has 1 rings (SSSR count). The van der Waals surface area contributed by atoms with Crippen molar-refractivity contribution in [2.24, 2.45) is 0 Å². The number of carbonyl (C=O) groups is 1. The third-order valence-electron chi connectivity index (χ3n) is 1.11. The minimum atomic E-state index is -0.394. The fourth-order valence-electron chi connectivity index (χ4n) is 0.491. The first-order valence-electron chi connectivity index (χ1n) is 3.61. The van der Waals surface area contributed by atoms with Gasteiger partial charge in [-0.2, -0.15) is 0 Å². The zero-order valence-electron chi connectivity index (χ0n) is 7.53. The van der Waals surface area contributed by atoms with Crippen molar-refractivity contribution in [1.82, 2.24) is 0 Å². The molecule has 0 aliphatic rings. The Morgan fingerprint density at radius 2 is 2.31 bits per heavy atom. The number of hydrogen-bond acceptors (Lipinski definition) is 3. The highest BCUT2D eigenvalue weighted by molar-refractivity contribution is 5.80. The molecular weight excluding hydrogens is 168 g/mol. The topological polar surface area (TPSA) is 39.4 Å². The van der Waals surface area contributed by atoms with Crippen molar-refractivity contribution in [2.75, 3.05) is 7.11 Å². The van der Waals surface area contributed by atoms with E-state index in [1.165, 1.54) is 7.11 Å². The molecule has 1 aromatic heterocycles. The Labute approximate surface area is 77.3 Å². The van der Waals surface area contributed by atoms with Crippen molar-refractivity contribution >= 4 is 12.0 Å².